The first-order valence-corrected chi connectivity index (χ1v) is 5.68. The summed E-state index contributed by atoms with van der Waals surface area (Å²) in [5.41, 5.74) is 1.90. The van der Waals surface area contributed by atoms with Gasteiger partial charge in [0.2, 0.25) is 0 Å². The molecule has 2 rings (SSSR count). The molecular formula is C15H13FO3. The van der Waals surface area contributed by atoms with Crippen molar-refractivity contribution in [2.24, 2.45) is 0 Å². The van der Waals surface area contributed by atoms with Crippen LogP contribution < -0.4 is 4.74 Å². The highest BCUT2D eigenvalue weighted by Gasteiger charge is 2.11. The summed E-state index contributed by atoms with van der Waals surface area (Å²) in [7, 11) is 2.87. The van der Waals surface area contributed by atoms with Crippen molar-refractivity contribution in [3.8, 4) is 16.9 Å². The molecular weight excluding hydrogens is 247 g/mol. The Bertz CT molecular complexity index is 591. The number of carbonyl (C=O) groups excluding carboxylic acids is 1. The fraction of sp³-hybridized carbons (Fsp3) is 0.133. The zero-order chi connectivity index (χ0) is 13.8. The first kappa shape index (κ1) is 13.1. The average Bonchev–Trinajstić information content (AvgIpc) is 2.46. The Morgan fingerprint density at radius 3 is 2.32 bits per heavy atom. The van der Waals surface area contributed by atoms with E-state index in [9.17, 15) is 9.18 Å². The van der Waals surface area contributed by atoms with Crippen LogP contribution in [0.15, 0.2) is 42.5 Å². The van der Waals surface area contributed by atoms with E-state index in [1.165, 1.54) is 19.2 Å². The van der Waals surface area contributed by atoms with Crippen molar-refractivity contribution < 1.29 is 18.7 Å². The molecule has 0 bridgehead atoms. The summed E-state index contributed by atoms with van der Waals surface area (Å²) in [6.07, 6.45) is 0. The van der Waals surface area contributed by atoms with Gasteiger partial charge in [-0.25, -0.2) is 9.18 Å². The molecule has 0 aliphatic heterocycles. The molecule has 0 spiro atoms. The Morgan fingerprint density at radius 2 is 1.74 bits per heavy atom. The molecule has 0 heterocycles. The largest absolute Gasteiger partial charge is 0.496 e. The van der Waals surface area contributed by atoms with Gasteiger partial charge in [-0.05, 0) is 35.9 Å². The van der Waals surface area contributed by atoms with E-state index in [1.54, 1.807) is 37.4 Å². The first-order valence-electron chi connectivity index (χ1n) is 5.68. The molecule has 0 amide bonds. The van der Waals surface area contributed by atoms with Crippen molar-refractivity contribution in [3.05, 3.63) is 53.8 Å². The molecule has 98 valence electrons. The lowest BCUT2D eigenvalue weighted by atomic mass is 10.0. The van der Waals surface area contributed by atoms with Crippen molar-refractivity contribution >= 4 is 5.97 Å². The van der Waals surface area contributed by atoms with Crippen LogP contribution in [0.3, 0.4) is 0 Å². The molecule has 0 fully saturated rings. The molecule has 0 aliphatic carbocycles. The Hall–Kier alpha value is -2.36. The minimum Gasteiger partial charge on any atom is -0.496 e. The normalized spacial score (nSPS) is 10.1. The summed E-state index contributed by atoms with van der Waals surface area (Å²) in [5.74, 6) is -0.128. The molecule has 0 saturated carbocycles. The number of hydrogen-bond acceptors (Lipinski definition) is 3. The third-order valence-electron chi connectivity index (χ3n) is 2.78. The molecule has 0 aliphatic rings. The number of carbonyl (C=O) groups is 1. The first-order chi connectivity index (χ1) is 9.15. The van der Waals surface area contributed by atoms with Crippen molar-refractivity contribution in [1.29, 1.82) is 0 Å². The molecule has 0 radical (unpaired) electrons. The molecule has 0 N–H and O–H groups in total. The molecule has 0 saturated heterocycles. The van der Waals surface area contributed by atoms with Crippen LogP contribution in [0.1, 0.15) is 10.4 Å². The summed E-state index contributed by atoms with van der Waals surface area (Å²) in [6, 6.07) is 11.0. The molecule has 0 aromatic heterocycles. The molecule has 0 atom stereocenters. The van der Waals surface area contributed by atoms with Crippen LogP contribution in [0.25, 0.3) is 11.1 Å². The number of ether oxygens (including phenoxy) is 2. The highest BCUT2D eigenvalue weighted by atomic mass is 19.1. The molecule has 19 heavy (non-hydrogen) atoms. The fourth-order valence-electron chi connectivity index (χ4n) is 1.81. The number of esters is 1. The van der Waals surface area contributed by atoms with E-state index in [4.69, 9.17) is 4.74 Å². The summed E-state index contributed by atoms with van der Waals surface area (Å²) >= 11 is 0. The number of halogens is 1. The smallest absolute Gasteiger partial charge is 0.337 e. The van der Waals surface area contributed by atoms with Gasteiger partial charge < -0.3 is 9.47 Å². The standard InChI is InChI=1S/C15H13FO3/c1-18-14-8-5-11(15(17)19-2)9-13(14)10-3-6-12(16)7-4-10/h3-9H,1-2H3. The van der Waals surface area contributed by atoms with E-state index < -0.39 is 5.97 Å². The second-order valence-corrected chi connectivity index (χ2v) is 3.91. The topological polar surface area (TPSA) is 35.5 Å². The van der Waals surface area contributed by atoms with Crippen molar-refractivity contribution in [1.82, 2.24) is 0 Å². The highest BCUT2D eigenvalue weighted by Crippen LogP contribution is 2.31. The van der Waals surface area contributed by atoms with Crippen LogP contribution in [0.2, 0.25) is 0 Å². The predicted octanol–water partition coefficient (Wildman–Crippen LogP) is 3.29. The Labute approximate surface area is 110 Å². The maximum atomic E-state index is 12.9. The van der Waals surface area contributed by atoms with Gasteiger partial charge in [0, 0.05) is 5.56 Å². The minimum absolute atomic E-state index is 0.313. The van der Waals surface area contributed by atoms with E-state index in [0.717, 1.165) is 5.56 Å². The Morgan fingerprint density at radius 1 is 1.05 bits per heavy atom. The van der Waals surface area contributed by atoms with Crippen LogP contribution in [-0.4, -0.2) is 20.2 Å². The predicted molar refractivity (Wildman–Crippen MR) is 69.7 cm³/mol. The molecule has 3 nitrogen and oxygen atoms in total. The Kier molecular flexibility index (Phi) is 3.80. The van der Waals surface area contributed by atoms with Gasteiger partial charge in [-0.1, -0.05) is 12.1 Å². The van der Waals surface area contributed by atoms with Gasteiger partial charge in [0.15, 0.2) is 0 Å². The summed E-state index contributed by atoms with van der Waals surface area (Å²) in [4.78, 5) is 11.5. The van der Waals surface area contributed by atoms with Crippen LogP contribution in [-0.2, 0) is 4.74 Å². The average molecular weight is 260 g/mol. The molecule has 4 heteroatoms. The third kappa shape index (κ3) is 2.73. The zero-order valence-corrected chi connectivity index (χ0v) is 10.6. The second kappa shape index (κ2) is 5.52. The van der Waals surface area contributed by atoms with Crippen molar-refractivity contribution in [2.45, 2.75) is 0 Å². The van der Waals surface area contributed by atoms with Crippen molar-refractivity contribution in [3.63, 3.8) is 0 Å². The lowest BCUT2D eigenvalue weighted by molar-refractivity contribution is 0.0601. The number of methoxy groups -OCH3 is 2. The third-order valence-corrected chi connectivity index (χ3v) is 2.78. The molecule has 2 aromatic rings. The monoisotopic (exact) mass is 260 g/mol. The van der Waals surface area contributed by atoms with Gasteiger partial charge in [0.1, 0.15) is 11.6 Å². The van der Waals surface area contributed by atoms with Gasteiger partial charge >= 0.3 is 5.97 Å². The SMILES string of the molecule is COC(=O)c1ccc(OC)c(-c2ccc(F)cc2)c1. The maximum Gasteiger partial charge on any atom is 0.337 e. The fourth-order valence-corrected chi connectivity index (χ4v) is 1.81. The Balaban J connectivity index is 2.52. The zero-order valence-electron chi connectivity index (χ0n) is 10.6. The van der Waals surface area contributed by atoms with Crippen LogP contribution in [0.4, 0.5) is 4.39 Å². The molecule has 2 aromatic carbocycles. The summed E-state index contributed by atoms with van der Waals surface area (Å²) < 4.78 is 22.9. The van der Waals surface area contributed by atoms with E-state index in [0.29, 0.717) is 16.9 Å². The quantitative estimate of drug-likeness (QED) is 0.794. The molecule has 0 unspecified atom stereocenters. The van der Waals surface area contributed by atoms with Gasteiger partial charge in [-0.15, -0.1) is 0 Å². The van der Waals surface area contributed by atoms with Gasteiger partial charge in [0.25, 0.3) is 0 Å². The van der Waals surface area contributed by atoms with E-state index in [1.807, 2.05) is 0 Å². The number of rotatable bonds is 3. The van der Waals surface area contributed by atoms with Crippen molar-refractivity contribution in [2.75, 3.05) is 14.2 Å². The van der Waals surface area contributed by atoms with Gasteiger partial charge in [-0.2, -0.15) is 0 Å². The lowest BCUT2D eigenvalue weighted by Gasteiger charge is -2.10. The van der Waals surface area contributed by atoms with Gasteiger partial charge in [0.05, 0.1) is 19.8 Å². The maximum absolute atomic E-state index is 12.9. The van der Waals surface area contributed by atoms with Gasteiger partial charge in [-0.3, -0.25) is 0 Å². The van der Waals surface area contributed by atoms with Crippen LogP contribution in [0, 0.1) is 5.82 Å². The highest BCUT2D eigenvalue weighted by molar-refractivity contribution is 5.91. The number of benzene rings is 2. The summed E-state index contributed by atoms with van der Waals surface area (Å²) in [5, 5.41) is 0. The van der Waals surface area contributed by atoms with E-state index in [2.05, 4.69) is 4.74 Å². The van der Waals surface area contributed by atoms with E-state index >= 15 is 0 Å². The lowest BCUT2D eigenvalue weighted by Crippen LogP contribution is -2.01. The van der Waals surface area contributed by atoms with Crippen LogP contribution in [0.5, 0.6) is 5.75 Å². The number of hydrogen-bond donors (Lipinski definition) is 0. The summed E-state index contributed by atoms with van der Waals surface area (Å²) in [6.45, 7) is 0. The minimum atomic E-state index is -0.425. The van der Waals surface area contributed by atoms with E-state index in [-0.39, 0.29) is 5.82 Å². The second-order valence-electron chi connectivity index (χ2n) is 3.91. The van der Waals surface area contributed by atoms with Crippen LogP contribution >= 0.6 is 0 Å².